The molecule has 3 heterocycles. The van der Waals surface area contributed by atoms with E-state index in [-0.39, 0.29) is 0 Å². The number of fused-ring (bicyclic) bond motifs is 1. The number of hydrogen-bond acceptors (Lipinski definition) is 7. The highest BCUT2D eigenvalue weighted by Gasteiger charge is 2.15. The number of nitrogens with two attached hydrogens (primary N) is 1. The Morgan fingerprint density at radius 3 is 2.81 bits per heavy atom. The van der Waals surface area contributed by atoms with E-state index in [0.717, 1.165) is 19.4 Å². The van der Waals surface area contributed by atoms with E-state index in [9.17, 15) is 0 Å². The molecular formula is C13H9N5S3. The number of para-hydroxylation sites is 1. The summed E-state index contributed by atoms with van der Waals surface area (Å²) in [5.74, 6) is 6.77. The number of rotatable bonds is 3. The predicted octanol–water partition coefficient (Wildman–Crippen LogP) is 3.48. The number of thiophene rings is 1. The molecule has 21 heavy (non-hydrogen) atoms. The normalized spacial score (nSPS) is 11.2. The first kappa shape index (κ1) is 12.8. The predicted molar refractivity (Wildman–Crippen MR) is 87.2 cm³/mol. The maximum Gasteiger partial charge on any atom is 0.217 e. The first-order valence-corrected chi connectivity index (χ1v) is 8.60. The van der Waals surface area contributed by atoms with Crippen molar-refractivity contribution in [2.75, 3.05) is 5.84 Å². The molecule has 4 rings (SSSR count). The molecule has 0 aliphatic heterocycles. The van der Waals surface area contributed by atoms with Crippen molar-refractivity contribution in [3.05, 3.63) is 41.8 Å². The Morgan fingerprint density at radius 1 is 1.10 bits per heavy atom. The van der Waals surface area contributed by atoms with Crippen LogP contribution in [0.4, 0.5) is 0 Å². The van der Waals surface area contributed by atoms with Crippen molar-refractivity contribution in [1.82, 2.24) is 19.9 Å². The number of nitrogen functional groups attached to an aromatic ring is 1. The highest BCUT2D eigenvalue weighted by molar-refractivity contribution is 8.01. The molecule has 0 aliphatic rings. The lowest BCUT2D eigenvalue weighted by Crippen LogP contribution is -2.10. The molecule has 0 fully saturated rings. The van der Waals surface area contributed by atoms with E-state index in [1.54, 1.807) is 22.7 Å². The fourth-order valence-electron chi connectivity index (χ4n) is 1.89. The molecule has 2 N–H and O–H groups in total. The number of nitrogens with zero attached hydrogens (tertiary/aromatic N) is 4. The van der Waals surface area contributed by atoms with Crippen molar-refractivity contribution in [2.24, 2.45) is 0 Å². The lowest BCUT2D eigenvalue weighted by molar-refractivity contribution is 0.850. The Hall–Kier alpha value is -1.90. The number of thiazole rings is 1. The Balaban J connectivity index is 1.68. The molecule has 0 bridgehead atoms. The van der Waals surface area contributed by atoms with Gasteiger partial charge in [-0.3, -0.25) is 0 Å². The third-order valence-electron chi connectivity index (χ3n) is 2.86. The third-order valence-corrected chi connectivity index (χ3v) is 5.78. The monoisotopic (exact) mass is 331 g/mol. The summed E-state index contributed by atoms with van der Waals surface area (Å²) in [5, 5.41) is 11.0. The van der Waals surface area contributed by atoms with Gasteiger partial charge in [0.2, 0.25) is 5.16 Å². The SMILES string of the molecule is Nn1c(Sc2nc3ccccc3s2)nnc1-c1cccs1. The number of benzene rings is 1. The van der Waals surface area contributed by atoms with E-state index in [0.29, 0.717) is 11.0 Å². The summed E-state index contributed by atoms with van der Waals surface area (Å²) < 4.78 is 3.58. The zero-order valence-electron chi connectivity index (χ0n) is 10.6. The molecule has 0 unspecified atom stereocenters. The first-order valence-electron chi connectivity index (χ1n) is 6.09. The molecule has 0 saturated heterocycles. The molecule has 0 amide bonds. The summed E-state index contributed by atoms with van der Waals surface area (Å²) in [6, 6.07) is 12.0. The van der Waals surface area contributed by atoms with Gasteiger partial charge >= 0.3 is 0 Å². The minimum absolute atomic E-state index is 0.637. The van der Waals surface area contributed by atoms with Crippen LogP contribution in [-0.2, 0) is 0 Å². The Kier molecular flexibility index (Phi) is 3.13. The molecule has 0 radical (unpaired) electrons. The van der Waals surface area contributed by atoms with Gasteiger partial charge in [0.05, 0.1) is 15.1 Å². The smallest absolute Gasteiger partial charge is 0.217 e. The van der Waals surface area contributed by atoms with Crippen LogP contribution in [0.5, 0.6) is 0 Å². The van der Waals surface area contributed by atoms with Crippen LogP contribution in [-0.4, -0.2) is 19.9 Å². The molecule has 1 aromatic carbocycles. The molecule has 0 spiro atoms. The van der Waals surface area contributed by atoms with Gasteiger partial charge in [-0.1, -0.05) is 18.2 Å². The number of hydrogen-bond donors (Lipinski definition) is 1. The van der Waals surface area contributed by atoms with Crippen molar-refractivity contribution in [3.63, 3.8) is 0 Å². The quantitative estimate of drug-likeness (QED) is 0.582. The summed E-state index contributed by atoms with van der Waals surface area (Å²) >= 11 is 4.65. The second kappa shape index (κ2) is 5.14. The molecular weight excluding hydrogens is 322 g/mol. The number of aromatic nitrogens is 4. The molecule has 0 aliphatic carbocycles. The fraction of sp³-hybridized carbons (Fsp3) is 0. The second-order valence-electron chi connectivity index (χ2n) is 4.20. The molecule has 3 aromatic heterocycles. The minimum Gasteiger partial charge on any atom is -0.335 e. The summed E-state index contributed by atoms with van der Waals surface area (Å²) in [5.41, 5.74) is 0.992. The van der Waals surface area contributed by atoms with E-state index in [1.807, 2.05) is 35.7 Å². The van der Waals surface area contributed by atoms with E-state index in [4.69, 9.17) is 5.84 Å². The van der Waals surface area contributed by atoms with Gasteiger partial charge in [0.1, 0.15) is 0 Å². The maximum atomic E-state index is 6.09. The molecule has 8 heteroatoms. The third kappa shape index (κ3) is 2.31. The van der Waals surface area contributed by atoms with E-state index in [1.165, 1.54) is 16.4 Å². The van der Waals surface area contributed by atoms with Gasteiger partial charge in [0.25, 0.3) is 0 Å². The average molecular weight is 331 g/mol. The van der Waals surface area contributed by atoms with Gasteiger partial charge in [0, 0.05) is 0 Å². The van der Waals surface area contributed by atoms with E-state index < -0.39 is 0 Å². The fourth-order valence-corrected chi connectivity index (χ4v) is 4.52. The van der Waals surface area contributed by atoms with Crippen molar-refractivity contribution < 1.29 is 0 Å². The van der Waals surface area contributed by atoms with Gasteiger partial charge in [-0.15, -0.1) is 32.9 Å². The second-order valence-corrected chi connectivity index (χ2v) is 7.40. The van der Waals surface area contributed by atoms with E-state index in [2.05, 4.69) is 21.2 Å². The summed E-state index contributed by atoms with van der Waals surface area (Å²) in [7, 11) is 0. The zero-order chi connectivity index (χ0) is 14.2. The van der Waals surface area contributed by atoms with Crippen molar-refractivity contribution in [1.29, 1.82) is 0 Å². The average Bonchev–Trinajstić information content (AvgIpc) is 3.19. The molecule has 0 atom stereocenters. The van der Waals surface area contributed by atoms with Gasteiger partial charge in [-0.25, -0.2) is 9.66 Å². The van der Waals surface area contributed by atoms with Crippen LogP contribution < -0.4 is 5.84 Å². The summed E-state index contributed by atoms with van der Waals surface area (Å²) in [4.78, 5) is 5.57. The van der Waals surface area contributed by atoms with Crippen LogP contribution >= 0.6 is 34.4 Å². The van der Waals surface area contributed by atoms with E-state index >= 15 is 0 Å². The molecule has 4 aromatic rings. The maximum absolute atomic E-state index is 6.09. The van der Waals surface area contributed by atoms with Gasteiger partial charge in [0.15, 0.2) is 10.2 Å². The molecule has 0 saturated carbocycles. The van der Waals surface area contributed by atoms with Crippen LogP contribution in [0, 0.1) is 0 Å². The molecule has 104 valence electrons. The van der Waals surface area contributed by atoms with Crippen molar-refractivity contribution in [2.45, 2.75) is 9.50 Å². The summed E-state index contributed by atoms with van der Waals surface area (Å²) in [6.45, 7) is 0. The van der Waals surface area contributed by atoms with Crippen LogP contribution in [0.1, 0.15) is 0 Å². The lowest BCUT2D eigenvalue weighted by atomic mass is 10.3. The van der Waals surface area contributed by atoms with Gasteiger partial charge in [-0.2, -0.15) is 0 Å². The largest absolute Gasteiger partial charge is 0.335 e. The lowest BCUT2D eigenvalue weighted by Gasteiger charge is -1.99. The van der Waals surface area contributed by atoms with Crippen LogP contribution in [0.2, 0.25) is 0 Å². The Bertz CT molecular complexity index is 861. The Labute approximate surface area is 132 Å². The topological polar surface area (TPSA) is 69.6 Å². The summed E-state index contributed by atoms with van der Waals surface area (Å²) in [6.07, 6.45) is 0. The van der Waals surface area contributed by atoms with Crippen molar-refractivity contribution in [3.8, 4) is 10.7 Å². The Morgan fingerprint density at radius 2 is 2.00 bits per heavy atom. The van der Waals surface area contributed by atoms with Gasteiger partial charge < -0.3 is 5.84 Å². The zero-order valence-corrected chi connectivity index (χ0v) is 13.1. The van der Waals surface area contributed by atoms with Crippen LogP contribution in [0.15, 0.2) is 51.3 Å². The first-order chi connectivity index (χ1) is 10.3. The molecule has 5 nitrogen and oxygen atoms in total. The standard InChI is InChI=1S/C13H9N5S3/c14-18-11(10-6-3-7-19-10)16-17-12(18)21-13-15-8-4-1-2-5-9(8)20-13/h1-7H,14H2. The van der Waals surface area contributed by atoms with Gasteiger partial charge in [-0.05, 0) is 35.3 Å². The van der Waals surface area contributed by atoms with Crippen LogP contribution in [0.25, 0.3) is 20.9 Å². The van der Waals surface area contributed by atoms with Crippen molar-refractivity contribution >= 4 is 44.7 Å². The highest BCUT2D eigenvalue weighted by Crippen LogP contribution is 2.34. The van der Waals surface area contributed by atoms with Crippen LogP contribution in [0.3, 0.4) is 0 Å². The minimum atomic E-state index is 0.637. The highest BCUT2D eigenvalue weighted by atomic mass is 32.2.